The van der Waals surface area contributed by atoms with Gasteiger partial charge in [-0.2, -0.15) is 0 Å². The fourth-order valence-electron chi connectivity index (χ4n) is 2.14. The van der Waals surface area contributed by atoms with Crippen LogP contribution in [0.1, 0.15) is 32.3 Å². The zero-order valence-electron chi connectivity index (χ0n) is 14.3. The lowest BCUT2D eigenvalue weighted by Crippen LogP contribution is -2.24. The molecule has 4 heteroatoms. The Bertz CT molecular complexity index is 611. The first kappa shape index (κ1) is 18.6. The Morgan fingerprint density at radius 1 is 1.08 bits per heavy atom. The molecule has 2 rings (SSSR count). The molecule has 0 aliphatic carbocycles. The van der Waals surface area contributed by atoms with E-state index in [2.05, 4.69) is 31.3 Å². The van der Waals surface area contributed by atoms with Crippen LogP contribution in [-0.2, 0) is 10.5 Å². The third-order valence-corrected chi connectivity index (χ3v) is 4.50. The van der Waals surface area contributed by atoms with Crippen molar-refractivity contribution in [3.8, 4) is 5.75 Å². The van der Waals surface area contributed by atoms with E-state index in [1.807, 2.05) is 42.5 Å². The van der Waals surface area contributed by atoms with Gasteiger partial charge >= 0.3 is 5.97 Å². The van der Waals surface area contributed by atoms with Gasteiger partial charge in [0.1, 0.15) is 5.75 Å². The summed E-state index contributed by atoms with van der Waals surface area (Å²) < 4.78 is 5.37. The number of esters is 1. The second-order valence-corrected chi connectivity index (χ2v) is 6.98. The summed E-state index contributed by atoms with van der Waals surface area (Å²) in [4.78, 5) is 13.1. The Morgan fingerprint density at radius 3 is 2.46 bits per heavy atom. The maximum absolute atomic E-state index is 11.8. The van der Waals surface area contributed by atoms with E-state index in [0.717, 1.165) is 18.7 Å². The molecule has 0 amide bonds. The molecule has 2 aromatic rings. The van der Waals surface area contributed by atoms with Crippen molar-refractivity contribution in [1.29, 1.82) is 0 Å². The Balaban J connectivity index is 1.72. The zero-order valence-corrected chi connectivity index (χ0v) is 15.1. The SMILES string of the molecule is CC(C)NCCCC(=O)Oc1ccc(CSc2ccccc2)cc1. The molecule has 0 aliphatic heterocycles. The number of carbonyl (C=O) groups excluding carboxylic acids is 1. The molecule has 1 N–H and O–H groups in total. The molecule has 3 nitrogen and oxygen atoms in total. The first-order chi connectivity index (χ1) is 11.6. The second-order valence-electron chi connectivity index (χ2n) is 5.93. The molecular weight excluding hydrogens is 318 g/mol. The van der Waals surface area contributed by atoms with E-state index >= 15 is 0 Å². The lowest BCUT2D eigenvalue weighted by molar-refractivity contribution is -0.134. The largest absolute Gasteiger partial charge is 0.427 e. The maximum Gasteiger partial charge on any atom is 0.311 e. The summed E-state index contributed by atoms with van der Waals surface area (Å²) in [6, 6.07) is 18.5. The molecule has 0 aliphatic rings. The molecule has 0 bridgehead atoms. The fourth-order valence-corrected chi connectivity index (χ4v) is 3.02. The van der Waals surface area contributed by atoms with Crippen LogP contribution in [0.5, 0.6) is 5.75 Å². The third-order valence-electron chi connectivity index (χ3n) is 3.41. The summed E-state index contributed by atoms with van der Waals surface area (Å²) in [5.74, 6) is 1.34. The van der Waals surface area contributed by atoms with Crippen molar-refractivity contribution in [2.24, 2.45) is 0 Å². The van der Waals surface area contributed by atoms with Gasteiger partial charge in [0.15, 0.2) is 0 Å². The van der Waals surface area contributed by atoms with Gasteiger partial charge in [-0.25, -0.2) is 0 Å². The number of rotatable bonds is 9. The number of hydrogen-bond acceptors (Lipinski definition) is 4. The van der Waals surface area contributed by atoms with Crippen molar-refractivity contribution < 1.29 is 9.53 Å². The topological polar surface area (TPSA) is 38.3 Å². The van der Waals surface area contributed by atoms with Crippen LogP contribution >= 0.6 is 11.8 Å². The highest BCUT2D eigenvalue weighted by atomic mass is 32.2. The van der Waals surface area contributed by atoms with Crippen LogP contribution in [-0.4, -0.2) is 18.6 Å². The van der Waals surface area contributed by atoms with Crippen molar-refractivity contribution in [3.05, 3.63) is 60.2 Å². The highest BCUT2D eigenvalue weighted by Crippen LogP contribution is 2.23. The summed E-state index contributed by atoms with van der Waals surface area (Å²) in [6.07, 6.45) is 1.23. The van der Waals surface area contributed by atoms with Crippen LogP contribution in [0, 0.1) is 0 Å². The zero-order chi connectivity index (χ0) is 17.2. The lowest BCUT2D eigenvalue weighted by atomic mass is 10.2. The number of nitrogens with one attached hydrogen (secondary N) is 1. The average molecular weight is 343 g/mol. The molecule has 0 atom stereocenters. The van der Waals surface area contributed by atoms with Crippen LogP contribution in [0.3, 0.4) is 0 Å². The standard InChI is InChI=1S/C20H25NO2S/c1-16(2)21-14-6-9-20(22)23-18-12-10-17(11-13-18)15-24-19-7-4-3-5-8-19/h3-5,7-8,10-13,16,21H,6,9,14-15H2,1-2H3. The molecule has 0 unspecified atom stereocenters. The molecule has 2 aromatic carbocycles. The lowest BCUT2D eigenvalue weighted by Gasteiger charge is -2.08. The Morgan fingerprint density at radius 2 is 1.79 bits per heavy atom. The van der Waals surface area contributed by atoms with E-state index < -0.39 is 0 Å². The Labute approximate surface area is 148 Å². The van der Waals surface area contributed by atoms with Gasteiger partial charge in [0.25, 0.3) is 0 Å². The molecule has 128 valence electrons. The first-order valence-electron chi connectivity index (χ1n) is 8.34. The number of hydrogen-bond donors (Lipinski definition) is 1. The molecule has 0 spiro atoms. The minimum absolute atomic E-state index is 0.174. The fraction of sp³-hybridized carbons (Fsp3) is 0.350. The number of benzene rings is 2. The van der Waals surface area contributed by atoms with Crippen LogP contribution in [0.4, 0.5) is 0 Å². The predicted molar refractivity (Wildman–Crippen MR) is 100 cm³/mol. The molecule has 24 heavy (non-hydrogen) atoms. The quantitative estimate of drug-likeness (QED) is 0.311. The van der Waals surface area contributed by atoms with E-state index in [9.17, 15) is 4.79 Å². The Hall–Kier alpha value is -1.78. The van der Waals surface area contributed by atoms with Crippen molar-refractivity contribution in [2.75, 3.05) is 6.54 Å². The van der Waals surface area contributed by atoms with Crippen molar-refractivity contribution in [2.45, 2.75) is 43.4 Å². The summed E-state index contributed by atoms with van der Waals surface area (Å²) in [6.45, 7) is 5.02. The number of carbonyl (C=O) groups is 1. The van der Waals surface area contributed by atoms with E-state index in [0.29, 0.717) is 18.2 Å². The minimum Gasteiger partial charge on any atom is -0.427 e. The van der Waals surface area contributed by atoms with Crippen LogP contribution < -0.4 is 10.1 Å². The van der Waals surface area contributed by atoms with Crippen LogP contribution in [0.2, 0.25) is 0 Å². The van der Waals surface area contributed by atoms with Gasteiger partial charge in [-0.1, -0.05) is 44.2 Å². The molecule has 0 saturated heterocycles. The van der Waals surface area contributed by atoms with E-state index in [1.54, 1.807) is 11.8 Å². The molecule has 0 aromatic heterocycles. The number of thioether (sulfide) groups is 1. The van der Waals surface area contributed by atoms with Gasteiger partial charge in [-0.3, -0.25) is 4.79 Å². The van der Waals surface area contributed by atoms with Crippen LogP contribution in [0.15, 0.2) is 59.5 Å². The summed E-state index contributed by atoms with van der Waals surface area (Å²) in [5.41, 5.74) is 1.21. The van der Waals surface area contributed by atoms with Gasteiger partial charge < -0.3 is 10.1 Å². The van der Waals surface area contributed by atoms with Crippen molar-refractivity contribution in [3.63, 3.8) is 0 Å². The molecular formula is C20H25NO2S. The summed E-state index contributed by atoms with van der Waals surface area (Å²) >= 11 is 1.79. The van der Waals surface area contributed by atoms with Crippen LogP contribution in [0.25, 0.3) is 0 Å². The van der Waals surface area contributed by atoms with Gasteiger partial charge in [-0.05, 0) is 42.8 Å². The second kappa shape index (κ2) is 10.2. The van der Waals surface area contributed by atoms with Gasteiger partial charge in [-0.15, -0.1) is 11.8 Å². The Kier molecular flexibility index (Phi) is 7.86. The van der Waals surface area contributed by atoms with Gasteiger partial charge in [0, 0.05) is 23.1 Å². The predicted octanol–water partition coefficient (Wildman–Crippen LogP) is 4.66. The van der Waals surface area contributed by atoms with Crippen molar-refractivity contribution in [1.82, 2.24) is 5.32 Å². The highest BCUT2D eigenvalue weighted by molar-refractivity contribution is 7.98. The number of ether oxygens (including phenoxy) is 1. The van der Waals surface area contributed by atoms with Gasteiger partial charge in [0.05, 0.1) is 0 Å². The van der Waals surface area contributed by atoms with Crippen molar-refractivity contribution >= 4 is 17.7 Å². The molecule has 0 saturated carbocycles. The monoisotopic (exact) mass is 343 g/mol. The average Bonchev–Trinajstić information content (AvgIpc) is 2.59. The molecule has 0 heterocycles. The van der Waals surface area contributed by atoms with E-state index in [1.165, 1.54) is 10.5 Å². The molecule has 0 fully saturated rings. The molecule has 0 radical (unpaired) electrons. The third kappa shape index (κ3) is 7.20. The first-order valence-corrected chi connectivity index (χ1v) is 9.33. The smallest absolute Gasteiger partial charge is 0.311 e. The maximum atomic E-state index is 11.8. The van der Waals surface area contributed by atoms with Gasteiger partial charge in [0.2, 0.25) is 0 Å². The normalized spacial score (nSPS) is 10.8. The minimum atomic E-state index is -0.174. The van der Waals surface area contributed by atoms with E-state index in [4.69, 9.17) is 4.74 Å². The highest BCUT2D eigenvalue weighted by Gasteiger charge is 2.05. The summed E-state index contributed by atoms with van der Waals surface area (Å²) in [7, 11) is 0. The summed E-state index contributed by atoms with van der Waals surface area (Å²) in [5, 5.41) is 3.29. The van der Waals surface area contributed by atoms with E-state index in [-0.39, 0.29) is 5.97 Å².